The van der Waals surface area contributed by atoms with E-state index in [0.29, 0.717) is 11.5 Å². The van der Waals surface area contributed by atoms with Gasteiger partial charge in [-0.1, -0.05) is 38.1 Å². The van der Waals surface area contributed by atoms with Crippen LogP contribution >= 0.6 is 0 Å². The summed E-state index contributed by atoms with van der Waals surface area (Å²) in [6.07, 6.45) is 1.36. The first-order valence-electron chi connectivity index (χ1n) is 6.22. The van der Waals surface area contributed by atoms with Crippen molar-refractivity contribution in [2.45, 2.75) is 33.1 Å². The fraction of sp³-hybridized carbons (Fsp3) is 0.467. The molecular formula is C15H20O3. The van der Waals surface area contributed by atoms with Crippen LogP contribution in [0.5, 0.6) is 0 Å². The van der Waals surface area contributed by atoms with Gasteiger partial charge in [0.05, 0.1) is 13.5 Å². The number of ether oxygens (including phenoxy) is 1. The number of esters is 1. The Morgan fingerprint density at radius 3 is 2.22 bits per heavy atom. The van der Waals surface area contributed by atoms with E-state index < -0.39 is 0 Å². The minimum absolute atomic E-state index is 0.0171. The molecular weight excluding hydrogens is 228 g/mol. The van der Waals surface area contributed by atoms with Crippen molar-refractivity contribution in [3.05, 3.63) is 35.4 Å². The molecule has 0 bridgehead atoms. The van der Waals surface area contributed by atoms with Gasteiger partial charge in [0, 0.05) is 12.0 Å². The first kappa shape index (κ1) is 14.4. The summed E-state index contributed by atoms with van der Waals surface area (Å²) in [5.74, 6) is 0.238. The van der Waals surface area contributed by atoms with Crippen LogP contribution in [0.15, 0.2) is 24.3 Å². The van der Waals surface area contributed by atoms with E-state index in [1.54, 1.807) is 0 Å². The lowest BCUT2D eigenvalue weighted by molar-refractivity contribution is -0.140. The predicted molar refractivity (Wildman–Crippen MR) is 70.6 cm³/mol. The topological polar surface area (TPSA) is 43.4 Å². The van der Waals surface area contributed by atoms with Gasteiger partial charge >= 0.3 is 5.97 Å². The van der Waals surface area contributed by atoms with Crippen LogP contribution in [0.1, 0.15) is 42.6 Å². The van der Waals surface area contributed by atoms with Crippen LogP contribution in [-0.4, -0.2) is 18.9 Å². The lowest BCUT2D eigenvalue weighted by atomic mass is 9.99. The van der Waals surface area contributed by atoms with Gasteiger partial charge in [0.15, 0.2) is 5.78 Å². The third kappa shape index (κ3) is 4.70. The van der Waals surface area contributed by atoms with Crippen molar-refractivity contribution in [1.29, 1.82) is 0 Å². The summed E-state index contributed by atoms with van der Waals surface area (Å²) in [5, 5.41) is 0. The van der Waals surface area contributed by atoms with Crippen molar-refractivity contribution in [3.8, 4) is 0 Å². The van der Waals surface area contributed by atoms with Gasteiger partial charge in [0.1, 0.15) is 0 Å². The van der Waals surface area contributed by atoms with Crippen LogP contribution in [0.4, 0.5) is 0 Å². The highest BCUT2D eigenvalue weighted by molar-refractivity contribution is 5.97. The summed E-state index contributed by atoms with van der Waals surface area (Å²) in [4.78, 5) is 22.7. The van der Waals surface area contributed by atoms with E-state index in [0.717, 1.165) is 6.42 Å². The Kier molecular flexibility index (Phi) is 5.56. The van der Waals surface area contributed by atoms with Crippen LogP contribution in [-0.2, 0) is 16.0 Å². The molecule has 0 atom stereocenters. The first-order valence-corrected chi connectivity index (χ1v) is 6.22. The van der Waals surface area contributed by atoms with E-state index in [2.05, 4.69) is 18.6 Å². The van der Waals surface area contributed by atoms with Gasteiger partial charge in [-0.25, -0.2) is 0 Å². The molecule has 0 amide bonds. The number of carbonyl (C=O) groups is 2. The third-order valence-electron chi connectivity index (χ3n) is 2.70. The molecule has 98 valence electrons. The molecule has 1 rings (SSSR count). The molecule has 0 heterocycles. The molecule has 0 aliphatic rings. The van der Waals surface area contributed by atoms with Gasteiger partial charge in [0.25, 0.3) is 0 Å². The Labute approximate surface area is 108 Å². The number of carbonyl (C=O) groups excluding carboxylic acids is 2. The zero-order valence-electron chi connectivity index (χ0n) is 11.2. The molecule has 0 aliphatic heterocycles. The van der Waals surface area contributed by atoms with Gasteiger partial charge in [-0.05, 0) is 17.9 Å². The third-order valence-corrected chi connectivity index (χ3v) is 2.70. The molecule has 0 saturated heterocycles. The number of rotatable bonds is 6. The number of benzene rings is 1. The van der Waals surface area contributed by atoms with Crippen molar-refractivity contribution in [1.82, 2.24) is 0 Å². The number of hydrogen-bond donors (Lipinski definition) is 0. The normalized spacial score (nSPS) is 10.4. The van der Waals surface area contributed by atoms with Gasteiger partial charge in [-0.3, -0.25) is 9.59 Å². The molecule has 0 unspecified atom stereocenters. The van der Waals surface area contributed by atoms with Crippen molar-refractivity contribution in [3.63, 3.8) is 0 Å². The molecule has 0 fully saturated rings. The average molecular weight is 248 g/mol. The minimum atomic E-state index is -0.347. The highest BCUT2D eigenvalue weighted by Gasteiger charge is 2.09. The average Bonchev–Trinajstić information content (AvgIpc) is 2.35. The molecule has 18 heavy (non-hydrogen) atoms. The van der Waals surface area contributed by atoms with E-state index in [9.17, 15) is 9.59 Å². The molecule has 0 spiro atoms. The quantitative estimate of drug-likeness (QED) is 0.574. The second kappa shape index (κ2) is 6.94. The summed E-state index contributed by atoms with van der Waals surface area (Å²) in [6.45, 7) is 4.32. The van der Waals surface area contributed by atoms with Gasteiger partial charge in [0.2, 0.25) is 0 Å². The zero-order valence-corrected chi connectivity index (χ0v) is 11.2. The van der Waals surface area contributed by atoms with Crippen LogP contribution in [0.2, 0.25) is 0 Å². The summed E-state index contributed by atoms with van der Waals surface area (Å²) in [7, 11) is 1.33. The maximum atomic E-state index is 11.8. The largest absolute Gasteiger partial charge is 0.469 e. The maximum Gasteiger partial charge on any atom is 0.305 e. The maximum absolute atomic E-state index is 11.8. The molecule has 1 aromatic rings. The lowest BCUT2D eigenvalue weighted by Gasteiger charge is -2.06. The Bertz CT molecular complexity index is 404. The molecule has 3 heteroatoms. The fourth-order valence-electron chi connectivity index (χ4n) is 1.76. The van der Waals surface area contributed by atoms with Gasteiger partial charge in [-0.15, -0.1) is 0 Å². The number of hydrogen-bond acceptors (Lipinski definition) is 3. The molecule has 3 nitrogen and oxygen atoms in total. The molecule has 0 radical (unpaired) electrons. The highest BCUT2D eigenvalue weighted by Crippen LogP contribution is 2.12. The smallest absolute Gasteiger partial charge is 0.305 e. The zero-order chi connectivity index (χ0) is 13.5. The fourth-order valence-corrected chi connectivity index (χ4v) is 1.76. The second-order valence-corrected chi connectivity index (χ2v) is 4.79. The second-order valence-electron chi connectivity index (χ2n) is 4.79. The number of Topliss-reactive ketones (excluding diaryl/α,β-unsaturated/α-hetero) is 1. The Morgan fingerprint density at radius 1 is 1.11 bits per heavy atom. The lowest BCUT2D eigenvalue weighted by Crippen LogP contribution is -2.06. The monoisotopic (exact) mass is 248 g/mol. The van der Waals surface area contributed by atoms with E-state index in [1.165, 1.54) is 12.7 Å². The molecule has 0 saturated carbocycles. The van der Waals surface area contributed by atoms with Crippen molar-refractivity contribution >= 4 is 11.8 Å². The van der Waals surface area contributed by atoms with Gasteiger partial charge < -0.3 is 4.74 Å². The van der Waals surface area contributed by atoms with E-state index in [1.807, 2.05) is 24.3 Å². The SMILES string of the molecule is COC(=O)CCC(=O)c1ccc(CC(C)C)cc1. The molecule has 0 N–H and O–H groups in total. The standard InChI is InChI=1S/C15H20O3/c1-11(2)10-12-4-6-13(7-5-12)14(16)8-9-15(17)18-3/h4-7,11H,8-10H2,1-3H3. The minimum Gasteiger partial charge on any atom is -0.469 e. The molecule has 1 aromatic carbocycles. The summed E-state index contributed by atoms with van der Waals surface area (Å²) < 4.78 is 4.51. The highest BCUT2D eigenvalue weighted by atomic mass is 16.5. The summed E-state index contributed by atoms with van der Waals surface area (Å²) in [5.41, 5.74) is 1.89. The Balaban J connectivity index is 2.56. The predicted octanol–water partition coefficient (Wildman–Crippen LogP) is 3.02. The number of ketones is 1. The van der Waals surface area contributed by atoms with E-state index >= 15 is 0 Å². The first-order chi connectivity index (χ1) is 8.52. The van der Waals surface area contributed by atoms with Crippen LogP contribution in [0.25, 0.3) is 0 Å². The number of methoxy groups -OCH3 is 1. The van der Waals surface area contributed by atoms with Crippen molar-refractivity contribution < 1.29 is 14.3 Å². The Morgan fingerprint density at radius 2 is 1.72 bits per heavy atom. The molecule has 0 aromatic heterocycles. The van der Waals surface area contributed by atoms with E-state index in [4.69, 9.17) is 0 Å². The van der Waals surface area contributed by atoms with Crippen molar-refractivity contribution in [2.24, 2.45) is 5.92 Å². The summed E-state index contributed by atoms with van der Waals surface area (Å²) in [6, 6.07) is 7.62. The van der Waals surface area contributed by atoms with Crippen molar-refractivity contribution in [2.75, 3.05) is 7.11 Å². The van der Waals surface area contributed by atoms with Crippen LogP contribution < -0.4 is 0 Å². The Hall–Kier alpha value is -1.64. The molecule has 0 aliphatic carbocycles. The van der Waals surface area contributed by atoms with Crippen LogP contribution in [0.3, 0.4) is 0 Å². The van der Waals surface area contributed by atoms with E-state index in [-0.39, 0.29) is 24.6 Å². The van der Waals surface area contributed by atoms with Crippen LogP contribution in [0, 0.1) is 5.92 Å². The van der Waals surface area contributed by atoms with Gasteiger partial charge in [-0.2, -0.15) is 0 Å². The summed E-state index contributed by atoms with van der Waals surface area (Å²) >= 11 is 0.